The quantitative estimate of drug-likeness (QED) is 0.880. The van der Waals surface area contributed by atoms with E-state index in [0.29, 0.717) is 0 Å². The highest BCUT2D eigenvalue weighted by Crippen LogP contribution is 2.30. The van der Waals surface area contributed by atoms with Crippen LogP contribution in [-0.2, 0) is 12.0 Å². The van der Waals surface area contributed by atoms with Crippen LogP contribution in [0.1, 0.15) is 37.0 Å². The molecule has 0 aliphatic heterocycles. The smallest absolute Gasteiger partial charge is 0.123 e. The number of hydrogen-bond donors (Lipinski definition) is 1. The molecule has 100 valence electrons. The Morgan fingerprint density at radius 2 is 1.68 bits per heavy atom. The summed E-state index contributed by atoms with van der Waals surface area (Å²) in [5.74, 6) is -0.244. The van der Waals surface area contributed by atoms with Crippen molar-refractivity contribution < 1.29 is 4.39 Å². The van der Waals surface area contributed by atoms with Crippen molar-refractivity contribution in [3.63, 3.8) is 0 Å². The molecule has 2 N–H and O–H groups in total. The molecule has 2 aromatic rings. The second-order valence-corrected chi connectivity index (χ2v) is 4.89. The largest absolute Gasteiger partial charge is 0.318 e. The predicted octanol–water partition coefficient (Wildman–Crippen LogP) is 4.00. The summed E-state index contributed by atoms with van der Waals surface area (Å²) in [5.41, 5.74) is 9.03. The first kappa shape index (κ1) is 13.8. The summed E-state index contributed by atoms with van der Waals surface area (Å²) < 4.78 is 13.4. The van der Waals surface area contributed by atoms with Crippen molar-refractivity contribution in [1.29, 1.82) is 0 Å². The number of rotatable bonds is 4. The van der Waals surface area contributed by atoms with Crippen LogP contribution < -0.4 is 5.73 Å². The molecule has 0 spiro atoms. The second-order valence-electron chi connectivity index (χ2n) is 4.89. The van der Waals surface area contributed by atoms with E-state index in [-0.39, 0.29) is 5.82 Å². The molecular weight excluding hydrogens is 237 g/mol. The molecule has 2 heteroatoms. The molecule has 0 amide bonds. The molecule has 0 aliphatic carbocycles. The molecule has 0 aliphatic rings. The van der Waals surface area contributed by atoms with Gasteiger partial charge in [-0.15, -0.1) is 0 Å². The van der Waals surface area contributed by atoms with Crippen molar-refractivity contribution in [2.24, 2.45) is 5.73 Å². The number of halogens is 1. The summed E-state index contributed by atoms with van der Waals surface area (Å²) in [6.07, 6.45) is 1.73. The zero-order valence-corrected chi connectivity index (χ0v) is 11.5. The zero-order chi connectivity index (χ0) is 13.9. The van der Waals surface area contributed by atoms with E-state index in [1.807, 2.05) is 25.1 Å². The molecule has 0 heterocycles. The average molecular weight is 257 g/mol. The first-order chi connectivity index (χ1) is 9.10. The van der Waals surface area contributed by atoms with Gasteiger partial charge in [-0.25, -0.2) is 4.39 Å². The van der Waals surface area contributed by atoms with E-state index >= 15 is 0 Å². The Morgan fingerprint density at radius 3 is 2.21 bits per heavy atom. The molecule has 0 saturated heterocycles. The Morgan fingerprint density at radius 1 is 1.00 bits per heavy atom. The third-order valence-corrected chi connectivity index (χ3v) is 3.77. The fraction of sp³-hybridized carbons (Fsp3) is 0.294. The van der Waals surface area contributed by atoms with Crippen LogP contribution in [0.2, 0.25) is 0 Å². The maximum atomic E-state index is 13.4. The van der Waals surface area contributed by atoms with Crippen LogP contribution in [0.15, 0.2) is 48.5 Å². The van der Waals surface area contributed by atoms with Gasteiger partial charge in [0.1, 0.15) is 5.82 Å². The molecule has 0 bridgehead atoms. The van der Waals surface area contributed by atoms with Gasteiger partial charge in [-0.2, -0.15) is 0 Å². The molecule has 2 rings (SSSR count). The van der Waals surface area contributed by atoms with Gasteiger partial charge in [0, 0.05) is 0 Å². The van der Waals surface area contributed by atoms with E-state index < -0.39 is 5.54 Å². The molecule has 19 heavy (non-hydrogen) atoms. The third kappa shape index (κ3) is 2.69. The summed E-state index contributed by atoms with van der Waals surface area (Å²) in [5, 5.41) is 0. The molecule has 0 fully saturated rings. The predicted molar refractivity (Wildman–Crippen MR) is 77.5 cm³/mol. The van der Waals surface area contributed by atoms with Gasteiger partial charge < -0.3 is 5.73 Å². The van der Waals surface area contributed by atoms with Gasteiger partial charge in [-0.3, -0.25) is 0 Å². The van der Waals surface area contributed by atoms with E-state index in [2.05, 4.69) is 19.1 Å². The third-order valence-electron chi connectivity index (χ3n) is 3.77. The molecule has 0 aromatic heterocycles. The van der Waals surface area contributed by atoms with Gasteiger partial charge >= 0.3 is 0 Å². The van der Waals surface area contributed by atoms with Crippen LogP contribution in [0.25, 0.3) is 0 Å². The zero-order valence-electron chi connectivity index (χ0n) is 11.5. The minimum atomic E-state index is -0.631. The molecule has 0 radical (unpaired) electrons. The van der Waals surface area contributed by atoms with E-state index in [1.165, 1.54) is 17.7 Å². The molecule has 0 saturated carbocycles. The normalized spacial score (nSPS) is 14.1. The Kier molecular flexibility index (Phi) is 4.01. The molecule has 1 unspecified atom stereocenters. The fourth-order valence-electron chi connectivity index (χ4n) is 2.38. The number of benzene rings is 2. The van der Waals surface area contributed by atoms with Crippen LogP contribution >= 0.6 is 0 Å². The lowest BCUT2D eigenvalue weighted by atomic mass is 9.81. The van der Waals surface area contributed by atoms with Crippen molar-refractivity contribution in [3.8, 4) is 0 Å². The van der Waals surface area contributed by atoms with Crippen molar-refractivity contribution in [3.05, 3.63) is 71.0 Å². The molecular formula is C17H20FN. The minimum absolute atomic E-state index is 0.244. The summed E-state index contributed by atoms with van der Waals surface area (Å²) in [7, 11) is 0. The van der Waals surface area contributed by atoms with Gasteiger partial charge in [-0.1, -0.05) is 50.2 Å². The summed E-state index contributed by atoms with van der Waals surface area (Å²) >= 11 is 0. The van der Waals surface area contributed by atoms with Crippen LogP contribution in [0.4, 0.5) is 4.39 Å². The van der Waals surface area contributed by atoms with Crippen molar-refractivity contribution in [1.82, 2.24) is 0 Å². The van der Waals surface area contributed by atoms with Crippen molar-refractivity contribution in [2.75, 3.05) is 0 Å². The Labute approximate surface area is 114 Å². The Balaban J connectivity index is 2.46. The summed E-state index contributed by atoms with van der Waals surface area (Å²) in [6, 6.07) is 14.8. The minimum Gasteiger partial charge on any atom is -0.318 e. The van der Waals surface area contributed by atoms with Crippen LogP contribution in [-0.4, -0.2) is 0 Å². The van der Waals surface area contributed by atoms with Crippen LogP contribution in [0.3, 0.4) is 0 Å². The topological polar surface area (TPSA) is 26.0 Å². The van der Waals surface area contributed by atoms with Gasteiger partial charge in [0.25, 0.3) is 0 Å². The van der Waals surface area contributed by atoms with E-state index in [1.54, 1.807) is 6.07 Å². The molecule has 1 nitrogen and oxygen atoms in total. The molecule has 1 atom stereocenters. The number of aryl methyl sites for hydroxylation is 1. The maximum Gasteiger partial charge on any atom is 0.123 e. The standard InChI is InChI=1S/C17H20FN/c1-3-13-8-10-14(11-9-13)17(19,4-2)15-6-5-7-16(18)12-15/h5-12H,3-4,19H2,1-2H3. The lowest BCUT2D eigenvalue weighted by molar-refractivity contribution is 0.512. The Bertz CT molecular complexity index is 547. The van der Waals surface area contributed by atoms with Crippen LogP contribution in [0, 0.1) is 5.82 Å². The van der Waals surface area contributed by atoms with Gasteiger partial charge in [0.15, 0.2) is 0 Å². The van der Waals surface area contributed by atoms with Gasteiger partial charge in [-0.05, 0) is 41.7 Å². The number of nitrogens with two attached hydrogens (primary N) is 1. The first-order valence-corrected chi connectivity index (χ1v) is 6.74. The van der Waals surface area contributed by atoms with Crippen molar-refractivity contribution >= 4 is 0 Å². The highest BCUT2D eigenvalue weighted by Gasteiger charge is 2.27. The second kappa shape index (κ2) is 5.54. The fourth-order valence-corrected chi connectivity index (χ4v) is 2.38. The summed E-state index contributed by atoms with van der Waals surface area (Å²) in [6.45, 7) is 4.15. The lowest BCUT2D eigenvalue weighted by Crippen LogP contribution is -2.37. The van der Waals surface area contributed by atoms with E-state index in [9.17, 15) is 4.39 Å². The van der Waals surface area contributed by atoms with Gasteiger partial charge in [0.2, 0.25) is 0 Å². The van der Waals surface area contributed by atoms with Gasteiger partial charge in [0.05, 0.1) is 5.54 Å². The van der Waals surface area contributed by atoms with E-state index in [0.717, 1.165) is 24.0 Å². The highest BCUT2D eigenvalue weighted by atomic mass is 19.1. The SMILES string of the molecule is CCc1ccc(C(N)(CC)c2cccc(F)c2)cc1. The monoisotopic (exact) mass is 257 g/mol. The van der Waals surface area contributed by atoms with Crippen molar-refractivity contribution in [2.45, 2.75) is 32.2 Å². The summed E-state index contributed by atoms with van der Waals surface area (Å²) in [4.78, 5) is 0. The first-order valence-electron chi connectivity index (χ1n) is 6.74. The van der Waals surface area contributed by atoms with Crippen LogP contribution in [0.5, 0.6) is 0 Å². The maximum absolute atomic E-state index is 13.4. The molecule has 2 aromatic carbocycles. The Hall–Kier alpha value is -1.67. The number of hydrogen-bond acceptors (Lipinski definition) is 1. The lowest BCUT2D eigenvalue weighted by Gasteiger charge is -2.29. The highest BCUT2D eigenvalue weighted by molar-refractivity contribution is 5.39. The average Bonchev–Trinajstić information content (AvgIpc) is 2.46. The van der Waals surface area contributed by atoms with E-state index in [4.69, 9.17) is 5.73 Å².